The summed E-state index contributed by atoms with van der Waals surface area (Å²) in [5, 5.41) is 0.740. The molecule has 1 aromatic carbocycles. The van der Waals surface area contributed by atoms with Gasteiger partial charge < -0.3 is 4.42 Å². The summed E-state index contributed by atoms with van der Waals surface area (Å²) >= 11 is 5.93. The van der Waals surface area contributed by atoms with E-state index in [0.29, 0.717) is 0 Å². The summed E-state index contributed by atoms with van der Waals surface area (Å²) in [5.74, 6) is 1.66. The molecule has 0 atom stereocenters. The number of hydrogen-bond donors (Lipinski definition) is 0. The van der Waals surface area contributed by atoms with Gasteiger partial charge in [0, 0.05) is 22.7 Å². The second-order valence-electron chi connectivity index (χ2n) is 6.47. The van der Waals surface area contributed by atoms with Crippen molar-refractivity contribution in [2.45, 2.75) is 57.2 Å². The van der Waals surface area contributed by atoms with E-state index in [-0.39, 0.29) is 0 Å². The molecule has 3 nitrogen and oxygen atoms in total. The Kier molecular flexibility index (Phi) is 3.93. The molecule has 2 aromatic rings. The van der Waals surface area contributed by atoms with Crippen molar-refractivity contribution in [1.82, 2.24) is 9.88 Å². The summed E-state index contributed by atoms with van der Waals surface area (Å²) in [7, 11) is 0. The minimum absolute atomic E-state index is 0.735. The molecule has 0 saturated heterocycles. The Balaban J connectivity index is 1.49. The molecule has 2 fully saturated rings. The molecule has 2 aliphatic rings. The van der Waals surface area contributed by atoms with Crippen LogP contribution >= 0.6 is 11.6 Å². The maximum absolute atomic E-state index is 5.98. The van der Waals surface area contributed by atoms with Crippen LogP contribution in [0.15, 0.2) is 34.9 Å². The van der Waals surface area contributed by atoms with Crippen LogP contribution in [0.2, 0.25) is 5.02 Å². The molecule has 0 unspecified atom stereocenters. The molecule has 0 amide bonds. The van der Waals surface area contributed by atoms with E-state index in [1.807, 2.05) is 30.5 Å². The first kappa shape index (κ1) is 14.3. The fourth-order valence-corrected chi connectivity index (χ4v) is 3.61. The van der Waals surface area contributed by atoms with E-state index in [1.54, 1.807) is 0 Å². The molecule has 4 heteroatoms. The van der Waals surface area contributed by atoms with Crippen LogP contribution in [0.25, 0.3) is 11.3 Å². The van der Waals surface area contributed by atoms with Crippen molar-refractivity contribution >= 4 is 11.6 Å². The highest BCUT2D eigenvalue weighted by Gasteiger charge is 2.35. The van der Waals surface area contributed by atoms with E-state index in [1.165, 1.54) is 38.5 Å². The van der Waals surface area contributed by atoms with Gasteiger partial charge >= 0.3 is 0 Å². The maximum Gasteiger partial charge on any atom is 0.209 e. The van der Waals surface area contributed by atoms with Gasteiger partial charge in [-0.25, -0.2) is 4.98 Å². The zero-order valence-corrected chi connectivity index (χ0v) is 13.4. The normalized spacial score (nSPS) is 19.2. The third-order valence-corrected chi connectivity index (χ3v) is 5.06. The average Bonchev–Trinajstić information content (AvgIpc) is 3.03. The van der Waals surface area contributed by atoms with Gasteiger partial charge in [0.2, 0.25) is 5.89 Å². The zero-order chi connectivity index (χ0) is 14.9. The van der Waals surface area contributed by atoms with Crippen molar-refractivity contribution in [2.24, 2.45) is 0 Å². The first-order chi connectivity index (χ1) is 10.8. The zero-order valence-electron chi connectivity index (χ0n) is 12.7. The number of nitrogens with zero attached hydrogens (tertiary/aromatic N) is 2. The third kappa shape index (κ3) is 3.06. The van der Waals surface area contributed by atoms with Crippen molar-refractivity contribution in [1.29, 1.82) is 0 Å². The Bertz CT molecular complexity index is 627. The van der Waals surface area contributed by atoms with E-state index in [9.17, 15) is 0 Å². The molecule has 116 valence electrons. The monoisotopic (exact) mass is 316 g/mol. The Morgan fingerprint density at radius 3 is 2.41 bits per heavy atom. The number of benzene rings is 1. The Hall–Kier alpha value is -1.32. The molecule has 0 N–H and O–H groups in total. The fourth-order valence-electron chi connectivity index (χ4n) is 3.49. The van der Waals surface area contributed by atoms with Crippen LogP contribution in [0.4, 0.5) is 0 Å². The first-order valence-corrected chi connectivity index (χ1v) is 8.64. The van der Waals surface area contributed by atoms with E-state index in [4.69, 9.17) is 16.0 Å². The van der Waals surface area contributed by atoms with E-state index in [2.05, 4.69) is 9.88 Å². The van der Waals surface area contributed by atoms with Gasteiger partial charge in [0.25, 0.3) is 0 Å². The van der Waals surface area contributed by atoms with E-state index >= 15 is 0 Å². The number of halogens is 1. The molecular weight excluding hydrogens is 296 g/mol. The van der Waals surface area contributed by atoms with Gasteiger partial charge in [-0.05, 0) is 49.9 Å². The van der Waals surface area contributed by atoms with E-state index < -0.39 is 0 Å². The molecule has 2 saturated carbocycles. The lowest BCUT2D eigenvalue weighted by atomic mass is 10.2. The first-order valence-electron chi connectivity index (χ1n) is 8.26. The summed E-state index contributed by atoms with van der Waals surface area (Å²) in [6.45, 7) is 0.850. The lowest BCUT2D eigenvalue weighted by molar-refractivity contribution is 0.163. The molecule has 1 aromatic heterocycles. The lowest BCUT2D eigenvalue weighted by Crippen LogP contribution is -2.34. The van der Waals surface area contributed by atoms with Gasteiger partial charge in [-0.2, -0.15) is 0 Å². The van der Waals surface area contributed by atoms with Crippen LogP contribution in [-0.4, -0.2) is 22.0 Å². The SMILES string of the molecule is Clc1ccc(-c2cnc(CN(C3CCCC3)C3CC3)o2)cc1. The molecule has 1 heterocycles. The summed E-state index contributed by atoms with van der Waals surface area (Å²) in [5.41, 5.74) is 1.03. The van der Waals surface area contributed by atoms with Gasteiger partial charge in [0.1, 0.15) is 0 Å². The van der Waals surface area contributed by atoms with Crippen LogP contribution < -0.4 is 0 Å². The molecule has 2 aliphatic carbocycles. The number of hydrogen-bond acceptors (Lipinski definition) is 3. The van der Waals surface area contributed by atoms with Crippen molar-refractivity contribution in [3.05, 3.63) is 41.4 Å². The molecule has 0 bridgehead atoms. The second kappa shape index (κ2) is 6.05. The predicted molar refractivity (Wildman–Crippen MR) is 87.8 cm³/mol. The van der Waals surface area contributed by atoms with Gasteiger partial charge in [-0.15, -0.1) is 0 Å². The summed E-state index contributed by atoms with van der Waals surface area (Å²) < 4.78 is 5.98. The quantitative estimate of drug-likeness (QED) is 0.785. The number of oxazole rings is 1. The van der Waals surface area contributed by atoms with Crippen LogP contribution in [0.1, 0.15) is 44.4 Å². The van der Waals surface area contributed by atoms with Crippen LogP contribution in [-0.2, 0) is 6.54 Å². The van der Waals surface area contributed by atoms with Crippen molar-refractivity contribution in [2.75, 3.05) is 0 Å². The topological polar surface area (TPSA) is 29.3 Å². The van der Waals surface area contributed by atoms with Crippen LogP contribution in [0, 0.1) is 0 Å². The highest BCUT2D eigenvalue weighted by atomic mass is 35.5. The average molecular weight is 317 g/mol. The molecule has 0 aliphatic heterocycles. The largest absolute Gasteiger partial charge is 0.439 e. The Labute approximate surface area is 136 Å². The Morgan fingerprint density at radius 1 is 1.05 bits per heavy atom. The van der Waals surface area contributed by atoms with Crippen molar-refractivity contribution in [3.63, 3.8) is 0 Å². The second-order valence-corrected chi connectivity index (χ2v) is 6.90. The highest BCUT2D eigenvalue weighted by Crippen LogP contribution is 2.35. The van der Waals surface area contributed by atoms with Gasteiger partial charge in [0.15, 0.2) is 5.76 Å². The molecule has 22 heavy (non-hydrogen) atoms. The maximum atomic E-state index is 5.98. The van der Waals surface area contributed by atoms with Crippen molar-refractivity contribution < 1.29 is 4.42 Å². The minimum Gasteiger partial charge on any atom is -0.439 e. The van der Waals surface area contributed by atoms with Gasteiger partial charge in [-0.3, -0.25) is 4.90 Å². The minimum atomic E-state index is 0.735. The van der Waals surface area contributed by atoms with E-state index in [0.717, 1.165) is 40.9 Å². The highest BCUT2D eigenvalue weighted by molar-refractivity contribution is 6.30. The summed E-state index contributed by atoms with van der Waals surface area (Å²) in [6, 6.07) is 9.21. The summed E-state index contributed by atoms with van der Waals surface area (Å²) in [4.78, 5) is 7.12. The standard InChI is InChI=1S/C18H21ClN2O/c19-14-7-5-13(6-8-14)17-11-20-18(22-17)12-21(16-9-10-16)15-3-1-2-4-15/h5-8,11,15-16H,1-4,9-10,12H2. The lowest BCUT2D eigenvalue weighted by Gasteiger charge is -2.27. The predicted octanol–water partition coefficient (Wildman–Crippen LogP) is 4.90. The third-order valence-electron chi connectivity index (χ3n) is 4.81. The Morgan fingerprint density at radius 2 is 1.73 bits per heavy atom. The van der Waals surface area contributed by atoms with Gasteiger partial charge in [0.05, 0.1) is 12.7 Å². The number of aromatic nitrogens is 1. The number of rotatable bonds is 5. The fraction of sp³-hybridized carbons (Fsp3) is 0.500. The van der Waals surface area contributed by atoms with Gasteiger partial charge in [-0.1, -0.05) is 24.4 Å². The molecule has 0 spiro atoms. The molecule has 4 rings (SSSR count). The van der Waals surface area contributed by atoms with Crippen LogP contribution in [0.5, 0.6) is 0 Å². The molecular formula is C18H21ClN2O. The smallest absolute Gasteiger partial charge is 0.209 e. The molecule has 0 radical (unpaired) electrons. The van der Waals surface area contributed by atoms with Crippen LogP contribution in [0.3, 0.4) is 0 Å². The summed E-state index contributed by atoms with van der Waals surface area (Å²) in [6.07, 6.45) is 9.91. The van der Waals surface area contributed by atoms with Crippen molar-refractivity contribution in [3.8, 4) is 11.3 Å².